The highest BCUT2D eigenvalue weighted by molar-refractivity contribution is 5.99. The second-order valence-corrected chi connectivity index (χ2v) is 10.6. The second kappa shape index (κ2) is 9.73. The number of hydrogen-bond donors (Lipinski definition) is 2. The van der Waals surface area contributed by atoms with Gasteiger partial charge in [0.05, 0.1) is 6.10 Å². The van der Waals surface area contributed by atoms with Crippen molar-refractivity contribution in [3.8, 4) is 0 Å². The van der Waals surface area contributed by atoms with Crippen molar-refractivity contribution in [3.05, 3.63) is 53.6 Å². The SMILES string of the molecule is C=C1CCC2C(C(C)CC(O)C2(C)C)C1CC/C(C)=C/C(=O)Nc1ccc(CC)cc1. The fourth-order valence-electron chi connectivity index (χ4n) is 6.07. The van der Waals surface area contributed by atoms with Crippen molar-refractivity contribution in [1.29, 1.82) is 0 Å². The van der Waals surface area contributed by atoms with Crippen LogP contribution in [0.5, 0.6) is 0 Å². The molecule has 2 aliphatic rings. The number of aliphatic hydroxyl groups is 1. The minimum atomic E-state index is -0.215. The zero-order valence-electron chi connectivity index (χ0n) is 20.1. The summed E-state index contributed by atoms with van der Waals surface area (Å²) in [4.78, 5) is 12.5. The van der Waals surface area contributed by atoms with Crippen LogP contribution in [0, 0.1) is 29.1 Å². The van der Waals surface area contributed by atoms with Crippen LogP contribution in [0.3, 0.4) is 0 Å². The van der Waals surface area contributed by atoms with E-state index in [4.69, 9.17) is 0 Å². The van der Waals surface area contributed by atoms with Crippen LogP contribution in [-0.2, 0) is 11.2 Å². The number of nitrogens with one attached hydrogen (secondary N) is 1. The predicted molar refractivity (Wildman–Crippen MR) is 130 cm³/mol. The number of aryl methyl sites for hydroxylation is 1. The monoisotopic (exact) mass is 423 g/mol. The first-order chi connectivity index (χ1) is 14.6. The van der Waals surface area contributed by atoms with Gasteiger partial charge in [-0.1, -0.05) is 57.6 Å². The molecule has 3 nitrogen and oxygen atoms in total. The topological polar surface area (TPSA) is 49.3 Å². The number of rotatable bonds is 6. The number of carbonyl (C=O) groups excluding carboxylic acids is 1. The van der Waals surface area contributed by atoms with Crippen molar-refractivity contribution in [2.45, 2.75) is 79.2 Å². The third-order valence-electron chi connectivity index (χ3n) is 8.15. The number of amides is 1. The molecule has 5 atom stereocenters. The third-order valence-corrected chi connectivity index (χ3v) is 8.15. The lowest BCUT2D eigenvalue weighted by Gasteiger charge is -2.55. The Hall–Kier alpha value is -1.87. The molecule has 1 amide bonds. The maximum Gasteiger partial charge on any atom is 0.248 e. The van der Waals surface area contributed by atoms with E-state index in [1.54, 1.807) is 6.08 Å². The molecule has 0 radical (unpaired) electrons. The van der Waals surface area contributed by atoms with Crippen molar-refractivity contribution in [1.82, 2.24) is 0 Å². The van der Waals surface area contributed by atoms with Crippen molar-refractivity contribution < 1.29 is 9.90 Å². The molecule has 0 aromatic heterocycles. The van der Waals surface area contributed by atoms with Crippen LogP contribution >= 0.6 is 0 Å². The van der Waals surface area contributed by atoms with Gasteiger partial charge in [-0.15, -0.1) is 0 Å². The van der Waals surface area contributed by atoms with Crippen LogP contribution in [-0.4, -0.2) is 17.1 Å². The number of benzene rings is 1. The van der Waals surface area contributed by atoms with Gasteiger partial charge in [-0.2, -0.15) is 0 Å². The molecule has 0 saturated heterocycles. The fraction of sp³-hybridized carbons (Fsp3) is 0.607. The Morgan fingerprint density at radius 2 is 1.97 bits per heavy atom. The molecule has 2 saturated carbocycles. The fourth-order valence-corrected chi connectivity index (χ4v) is 6.07. The van der Waals surface area contributed by atoms with Gasteiger partial charge >= 0.3 is 0 Å². The summed E-state index contributed by atoms with van der Waals surface area (Å²) >= 11 is 0. The molecule has 3 rings (SSSR count). The third kappa shape index (κ3) is 5.31. The van der Waals surface area contributed by atoms with Gasteiger partial charge in [-0.25, -0.2) is 0 Å². The molecule has 31 heavy (non-hydrogen) atoms. The molecular formula is C28H41NO2. The molecule has 170 valence electrons. The summed E-state index contributed by atoms with van der Waals surface area (Å²) in [5, 5.41) is 13.7. The summed E-state index contributed by atoms with van der Waals surface area (Å²) in [5.74, 6) is 2.05. The molecule has 3 heteroatoms. The molecule has 1 aromatic carbocycles. The highest BCUT2D eigenvalue weighted by atomic mass is 16.3. The molecule has 2 fully saturated rings. The Morgan fingerprint density at radius 1 is 1.29 bits per heavy atom. The Labute approximate surface area is 189 Å². The van der Waals surface area contributed by atoms with E-state index in [0.717, 1.165) is 49.8 Å². The van der Waals surface area contributed by atoms with Crippen molar-refractivity contribution >= 4 is 11.6 Å². The Kier molecular flexibility index (Phi) is 7.47. The number of carbonyl (C=O) groups is 1. The van der Waals surface area contributed by atoms with E-state index in [9.17, 15) is 9.90 Å². The van der Waals surface area contributed by atoms with Gasteiger partial charge < -0.3 is 10.4 Å². The van der Waals surface area contributed by atoms with Gasteiger partial charge in [-0.05, 0) is 92.2 Å². The van der Waals surface area contributed by atoms with Crippen LogP contribution in [0.1, 0.15) is 72.3 Å². The lowest BCUT2D eigenvalue weighted by atomic mass is 9.50. The summed E-state index contributed by atoms with van der Waals surface area (Å²) in [5.41, 5.74) is 4.55. The van der Waals surface area contributed by atoms with Crippen LogP contribution in [0.4, 0.5) is 5.69 Å². The van der Waals surface area contributed by atoms with E-state index in [2.05, 4.69) is 58.6 Å². The average molecular weight is 424 g/mol. The van der Waals surface area contributed by atoms with E-state index in [0.29, 0.717) is 23.7 Å². The number of hydrogen-bond acceptors (Lipinski definition) is 2. The van der Waals surface area contributed by atoms with Gasteiger partial charge in [-0.3, -0.25) is 4.79 Å². The first-order valence-electron chi connectivity index (χ1n) is 12.1. The highest BCUT2D eigenvalue weighted by Crippen LogP contribution is 2.56. The van der Waals surface area contributed by atoms with E-state index in [1.807, 2.05) is 12.1 Å². The Balaban J connectivity index is 1.62. The molecule has 0 spiro atoms. The molecular weight excluding hydrogens is 382 g/mol. The van der Waals surface area contributed by atoms with Crippen molar-refractivity contribution in [2.24, 2.45) is 29.1 Å². The Morgan fingerprint density at radius 3 is 2.61 bits per heavy atom. The molecule has 1 aromatic rings. The van der Waals surface area contributed by atoms with Gasteiger partial charge in [0.1, 0.15) is 0 Å². The maximum atomic E-state index is 12.5. The lowest BCUT2D eigenvalue weighted by Crippen LogP contribution is -2.52. The number of fused-ring (bicyclic) bond motifs is 1. The predicted octanol–water partition coefficient (Wildman–Crippen LogP) is 6.54. The summed E-state index contributed by atoms with van der Waals surface area (Å²) in [7, 11) is 0. The Bertz CT molecular complexity index is 820. The van der Waals surface area contributed by atoms with Gasteiger partial charge in [0.25, 0.3) is 0 Å². The normalized spacial score (nSPS) is 30.6. The van der Waals surface area contributed by atoms with Crippen molar-refractivity contribution in [2.75, 3.05) is 5.32 Å². The summed E-state index contributed by atoms with van der Waals surface area (Å²) in [6.45, 7) is 15.4. The van der Waals surface area contributed by atoms with Gasteiger partial charge in [0.15, 0.2) is 0 Å². The van der Waals surface area contributed by atoms with Gasteiger partial charge in [0.2, 0.25) is 5.91 Å². The summed E-state index contributed by atoms with van der Waals surface area (Å²) in [6, 6.07) is 8.04. The molecule has 2 aliphatic carbocycles. The van der Waals surface area contributed by atoms with E-state index in [-0.39, 0.29) is 17.4 Å². The molecule has 2 N–H and O–H groups in total. The quantitative estimate of drug-likeness (QED) is 0.403. The number of aliphatic hydroxyl groups excluding tert-OH is 1. The molecule has 0 aliphatic heterocycles. The van der Waals surface area contributed by atoms with E-state index < -0.39 is 0 Å². The zero-order chi connectivity index (χ0) is 22.8. The summed E-state index contributed by atoms with van der Waals surface area (Å²) < 4.78 is 0. The minimum absolute atomic E-state index is 0.0335. The second-order valence-electron chi connectivity index (χ2n) is 10.6. The maximum absolute atomic E-state index is 12.5. The number of allylic oxidation sites excluding steroid dienone is 2. The lowest BCUT2D eigenvalue weighted by molar-refractivity contribution is -0.112. The standard InChI is InChI=1S/C28H41NO2/c1-7-21-10-12-22(13-11-21)29-26(31)16-18(2)8-14-23-19(3)9-15-24-27(23)20(4)17-25(30)28(24,5)6/h10-13,16,20,23-25,27,30H,3,7-9,14-15,17H2,1-2,4-6H3,(H,29,31)/b18-16+. The highest BCUT2D eigenvalue weighted by Gasteiger charge is 2.51. The smallest absolute Gasteiger partial charge is 0.248 e. The first-order valence-corrected chi connectivity index (χ1v) is 12.1. The van der Waals surface area contributed by atoms with E-state index in [1.165, 1.54) is 11.1 Å². The van der Waals surface area contributed by atoms with Crippen LogP contribution in [0.15, 0.2) is 48.1 Å². The molecule has 0 heterocycles. The molecule has 0 bridgehead atoms. The van der Waals surface area contributed by atoms with Crippen LogP contribution < -0.4 is 5.32 Å². The molecule has 5 unspecified atom stereocenters. The van der Waals surface area contributed by atoms with Crippen molar-refractivity contribution in [3.63, 3.8) is 0 Å². The first kappa shape index (κ1) is 23.8. The van der Waals surface area contributed by atoms with E-state index >= 15 is 0 Å². The van der Waals surface area contributed by atoms with Crippen LogP contribution in [0.25, 0.3) is 0 Å². The minimum Gasteiger partial charge on any atom is -0.393 e. The zero-order valence-corrected chi connectivity index (χ0v) is 20.1. The average Bonchev–Trinajstić information content (AvgIpc) is 2.71. The largest absolute Gasteiger partial charge is 0.393 e. The number of anilines is 1. The van der Waals surface area contributed by atoms with Crippen LogP contribution in [0.2, 0.25) is 0 Å². The van der Waals surface area contributed by atoms with Gasteiger partial charge in [0, 0.05) is 11.8 Å². The summed E-state index contributed by atoms with van der Waals surface area (Å²) in [6.07, 6.45) is 7.56.